The number of aromatic nitrogens is 1. The van der Waals surface area contributed by atoms with Crippen LogP contribution in [0.4, 0.5) is 0 Å². The fourth-order valence-corrected chi connectivity index (χ4v) is 3.61. The van der Waals surface area contributed by atoms with Gasteiger partial charge in [-0.25, -0.2) is 4.98 Å². The van der Waals surface area contributed by atoms with Crippen LogP contribution in [0.2, 0.25) is 0 Å². The van der Waals surface area contributed by atoms with Crippen LogP contribution in [0.3, 0.4) is 0 Å². The lowest BCUT2D eigenvalue weighted by Crippen LogP contribution is -2.42. The van der Waals surface area contributed by atoms with Crippen molar-refractivity contribution in [2.24, 2.45) is 0 Å². The van der Waals surface area contributed by atoms with E-state index >= 15 is 0 Å². The molecule has 0 bridgehead atoms. The van der Waals surface area contributed by atoms with Crippen molar-refractivity contribution in [1.82, 2.24) is 15.2 Å². The smallest absolute Gasteiger partial charge is 0.271 e. The molecule has 3 rings (SSSR count). The third-order valence-electron chi connectivity index (χ3n) is 3.31. The molecule has 20 heavy (non-hydrogen) atoms. The quantitative estimate of drug-likeness (QED) is 0.890. The summed E-state index contributed by atoms with van der Waals surface area (Å²) < 4.78 is 0. The normalized spacial score (nSPS) is 23.1. The van der Waals surface area contributed by atoms with E-state index in [0.717, 1.165) is 6.54 Å². The number of amides is 1. The molecule has 1 aliphatic rings. The molecule has 0 spiro atoms. The van der Waals surface area contributed by atoms with E-state index in [9.17, 15) is 9.90 Å². The highest BCUT2D eigenvalue weighted by Crippen LogP contribution is 2.17. The molecule has 0 unspecified atom stereocenters. The molecule has 5 nitrogen and oxygen atoms in total. The number of nitrogens with one attached hydrogen (secondary N) is 1. The van der Waals surface area contributed by atoms with Crippen LogP contribution in [0.25, 0.3) is 0 Å². The number of likely N-dealkylation sites (tertiary alicyclic amines) is 1. The third-order valence-corrected chi connectivity index (χ3v) is 4.75. The minimum absolute atomic E-state index is 0.215. The Morgan fingerprint density at radius 1 is 1.55 bits per heavy atom. The molecule has 2 aromatic heterocycles. The number of carbonyl (C=O) groups is 1. The zero-order valence-corrected chi connectivity index (χ0v) is 12.4. The number of thiophene rings is 1. The van der Waals surface area contributed by atoms with Crippen molar-refractivity contribution in [3.63, 3.8) is 0 Å². The lowest BCUT2D eigenvalue weighted by atomic mass is 10.2. The van der Waals surface area contributed by atoms with Crippen molar-refractivity contribution in [2.45, 2.75) is 18.7 Å². The number of hydrogen-bond donors (Lipinski definition) is 2. The second-order valence-corrected chi connectivity index (χ2v) is 6.55. The highest BCUT2D eigenvalue weighted by atomic mass is 32.1. The summed E-state index contributed by atoms with van der Waals surface area (Å²) in [6, 6.07) is 3.87. The SMILES string of the molecule is O=C(N[C@@H]1CN(Cc2cccs2)C[C@H]1O)c1cscn1. The molecule has 1 saturated heterocycles. The highest BCUT2D eigenvalue weighted by molar-refractivity contribution is 7.09. The van der Waals surface area contributed by atoms with E-state index in [4.69, 9.17) is 0 Å². The van der Waals surface area contributed by atoms with Crippen LogP contribution in [0.1, 0.15) is 15.4 Å². The molecule has 0 radical (unpaired) electrons. The predicted octanol–water partition coefficient (Wildman–Crippen LogP) is 1.18. The van der Waals surface area contributed by atoms with Gasteiger partial charge in [-0.15, -0.1) is 22.7 Å². The van der Waals surface area contributed by atoms with Crippen LogP contribution >= 0.6 is 22.7 Å². The molecule has 2 atom stereocenters. The molecular weight excluding hydrogens is 294 g/mol. The summed E-state index contributed by atoms with van der Waals surface area (Å²) in [5.74, 6) is -0.215. The van der Waals surface area contributed by atoms with E-state index < -0.39 is 6.10 Å². The average molecular weight is 309 g/mol. The molecule has 1 fully saturated rings. The molecule has 1 aliphatic heterocycles. The zero-order chi connectivity index (χ0) is 13.9. The van der Waals surface area contributed by atoms with Gasteiger partial charge in [0.25, 0.3) is 5.91 Å². The van der Waals surface area contributed by atoms with Gasteiger partial charge in [-0.2, -0.15) is 0 Å². The second kappa shape index (κ2) is 6.01. The maximum Gasteiger partial charge on any atom is 0.271 e. The van der Waals surface area contributed by atoms with Gasteiger partial charge in [0.1, 0.15) is 5.69 Å². The van der Waals surface area contributed by atoms with Crippen LogP contribution in [-0.2, 0) is 6.54 Å². The minimum Gasteiger partial charge on any atom is -0.390 e. The van der Waals surface area contributed by atoms with Gasteiger partial charge >= 0.3 is 0 Å². The van der Waals surface area contributed by atoms with Gasteiger partial charge in [-0.1, -0.05) is 6.07 Å². The standard InChI is InChI=1S/C13H15N3O2S2/c17-12-6-16(4-9-2-1-3-20-9)5-10(12)15-13(18)11-7-19-8-14-11/h1-3,7-8,10,12,17H,4-6H2,(H,15,18)/t10-,12-/m1/s1. The van der Waals surface area contributed by atoms with Gasteiger partial charge in [0, 0.05) is 29.9 Å². The maximum absolute atomic E-state index is 11.9. The van der Waals surface area contributed by atoms with Crippen molar-refractivity contribution in [2.75, 3.05) is 13.1 Å². The molecule has 106 valence electrons. The summed E-state index contributed by atoms with van der Waals surface area (Å²) in [7, 11) is 0. The molecule has 0 aromatic carbocycles. The summed E-state index contributed by atoms with van der Waals surface area (Å²) in [5.41, 5.74) is 2.04. The van der Waals surface area contributed by atoms with Gasteiger partial charge < -0.3 is 10.4 Å². The van der Waals surface area contributed by atoms with E-state index in [1.165, 1.54) is 16.2 Å². The first-order chi connectivity index (χ1) is 9.72. The largest absolute Gasteiger partial charge is 0.390 e. The lowest BCUT2D eigenvalue weighted by Gasteiger charge is -2.15. The summed E-state index contributed by atoms with van der Waals surface area (Å²) in [5, 5.41) is 16.7. The Morgan fingerprint density at radius 2 is 2.45 bits per heavy atom. The third kappa shape index (κ3) is 3.06. The minimum atomic E-state index is -0.530. The van der Waals surface area contributed by atoms with Crippen LogP contribution in [0.15, 0.2) is 28.4 Å². The molecule has 2 aromatic rings. The van der Waals surface area contributed by atoms with Crippen molar-refractivity contribution in [3.05, 3.63) is 39.0 Å². The van der Waals surface area contributed by atoms with E-state index in [1.807, 2.05) is 11.4 Å². The van der Waals surface area contributed by atoms with Crippen LogP contribution in [-0.4, -0.2) is 46.1 Å². The Kier molecular flexibility index (Phi) is 4.11. The fourth-order valence-electron chi connectivity index (χ4n) is 2.33. The van der Waals surface area contributed by atoms with Gasteiger partial charge in [0.2, 0.25) is 0 Å². The van der Waals surface area contributed by atoms with Crippen molar-refractivity contribution >= 4 is 28.6 Å². The number of aliphatic hydroxyl groups excluding tert-OH is 1. The molecule has 3 heterocycles. The number of rotatable bonds is 4. The van der Waals surface area contributed by atoms with Crippen molar-refractivity contribution < 1.29 is 9.90 Å². The zero-order valence-electron chi connectivity index (χ0n) is 10.7. The monoisotopic (exact) mass is 309 g/mol. The van der Waals surface area contributed by atoms with E-state index in [2.05, 4.69) is 21.3 Å². The van der Waals surface area contributed by atoms with Crippen molar-refractivity contribution in [3.8, 4) is 0 Å². The van der Waals surface area contributed by atoms with E-state index in [0.29, 0.717) is 18.8 Å². The molecule has 2 N–H and O–H groups in total. The first kappa shape index (κ1) is 13.7. The van der Waals surface area contributed by atoms with E-state index in [-0.39, 0.29) is 11.9 Å². The number of β-amino-alcohol motifs (C(OH)–C–C–N with tert-alkyl or cyclic N) is 1. The average Bonchev–Trinajstić information content (AvgIpc) is 3.14. The van der Waals surface area contributed by atoms with Gasteiger partial charge in [-0.05, 0) is 11.4 Å². The number of thiazole rings is 1. The van der Waals surface area contributed by atoms with Crippen molar-refractivity contribution in [1.29, 1.82) is 0 Å². The Morgan fingerprint density at radius 3 is 3.15 bits per heavy atom. The summed E-state index contributed by atoms with van der Waals surface area (Å²) >= 11 is 3.09. The van der Waals surface area contributed by atoms with E-state index in [1.54, 1.807) is 22.2 Å². The predicted molar refractivity (Wildman–Crippen MR) is 79.0 cm³/mol. The number of nitrogens with zero attached hydrogens (tertiary/aromatic N) is 2. The van der Waals surface area contributed by atoms with Gasteiger partial charge in [-0.3, -0.25) is 9.69 Å². The molecule has 0 aliphatic carbocycles. The lowest BCUT2D eigenvalue weighted by molar-refractivity contribution is 0.0884. The Balaban J connectivity index is 1.57. The summed E-state index contributed by atoms with van der Waals surface area (Å²) in [6.45, 7) is 2.06. The molecule has 1 amide bonds. The van der Waals surface area contributed by atoms with Gasteiger partial charge in [0.15, 0.2) is 0 Å². The topological polar surface area (TPSA) is 65.5 Å². The first-order valence-corrected chi connectivity index (χ1v) is 8.16. The van der Waals surface area contributed by atoms with Gasteiger partial charge in [0.05, 0.1) is 17.7 Å². The fraction of sp³-hybridized carbons (Fsp3) is 0.385. The molecule has 7 heteroatoms. The summed E-state index contributed by atoms with van der Waals surface area (Å²) in [6.07, 6.45) is -0.530. The summed E-state index contributed by atoms with van der Waals surface area (Å²) in [4.78, 5) is 19.3. The second-order valence-electron chi connectivity index (χ2n) is 4.79. The Labute approximate surface area is 124 Å². The Bertz CT molecular complexity index is 556. The highest BCUT2D eigenvalue weighted by Gasteiger charge is 2.32. The first-order valence-electron chi connectivity index (χ1n) is 6.34. The molecule has 0 saturated carbocycles. The van der Waals surface area contributed by atoms with Crippen LogP contribution in [0, 0.1) is 0 Å². The number of aliphatic hydroxyl groups is 1. The molecular formula is C13H15N3O2S2. The maximum atomic E-state index is 11.9. The Hall–Kier alpha value is -1.28. The number of hydrogen-bond acceptors (Lipinski definition) is 6. The van der Waals surface area contributed by atoms with Crippen LogP contribution < -0.4 is 5.32 Å². The number of carbonyl (C=O) groups excluding carboxylic acids is 1. The van der Waals surface area contributed by atoms with Crippen LogP contribution in [0.5, 0.6) is 0 Å².